The van der Waals surface area contributed by atoms with Crippen LogP contribution in [0, 0.1) is 0 Å². The first kappa shape index (κ1) is 20.2. The number of aromatic nitrogens is 1. The number of hydrogen-bond acceptors (Lipinski definition) is 2. The highest BCUT2D eigenvalue weighted by molar-refractivity contribution is 6.15. The average molecular weight is 799 g/mol. The summed E-state index contributed by atoms with van der Waals surface area (Å²) in [5, 5.41) is 2.01. The standard InChI is InChI=1S/C58H38N2O/c1-2-15-39(16-3-1)40-29-33-43(34-30-40)59(44-35-31-42(32-36-44)46-24-14-18-41-17-4-5-19-45(41)46)55-38-37-50-49-22-9-13-28-56(49)61-58(50)57(55)51-23-8-12-27-54(51)60-52-25-10-6-20-47(52)48-21-7-11-26-53(48)60/h1-38H/i1D,2D,3D,4D,5D,14D,15D,16D,17D,18D,19D,24D,29D,30D,31D,32D,33D,34D,35D,36D. The van der Waals surface area contributed by atoms with Gasteiger partial charge in [0.1, 0.15) is 11.2 Å². The van der Waals surface area contributed by atoms with Crippen molar-refractivity contribution in [3.05, 3.63) is 230 Å². The van der Waals surface area contributed by atoms with Crippen LogP contribution in [0.25, 0.3) is 93.6 Å². The Hall–Kier alpha value is -8.14. The van der Waals surface area contributed by atoms with Gasteiger partial charge in [-0.15, -0.1) is 0 Å². The third-order valence-corrected chi connectivity index (χ3v) is 10.7. The summed E-state index contributed by atoms with van der Waals surface area (Å²) >= 11 is 0. The van der Waals surface area contributed by atoms with E-state index in [0.29, 0.717) is 27.6 Å². The lowest BCUT2D eigenvalue weighted by atomic mass is 9.96. The lowest BCUT2D eigenvalue weighted by molar-refractivity contribution is 0.670. The van der Waals surface area contributed by atoms with Crippen LogP contribution in [0.15, 0.2) is 234 Å². The SMILES string of the molecule is [2H]c1c([2H])c([2H])c(-c2c([2H])c([2H])c(N(c3ccc4c(oc5ccccc54)c3-c3ccccc3-n3c4ccccc4c4ccccc43)c3c([2H])c([2H])c(-c4c([2H])c([2H])c([2H])c5c([2H])c([2H])c([2H])c([2H])c45)c([2H])c3[2H])c([2H])c2[2H])c([2H])c1[2H]. The predicted octanol–water partition coefficient (Wildman–Crippen LogP) is 16.3. The normalized spacial score (nSPS) is 16.2. The Balaban J connectivity index is 1.26. The van der Waals surface area contributed by atoms with E-state index in [2.05, 4.69) is 0 Å². The molecule has 3 heteroatoms. The summed E-state index contributed by atoms with van der Waals surface area (Å²) < 4.78 is 192. The van der Waals surface area contributed by atoms with Crippen LogP contribution in [0.2, 0.25) is 0 Å². The maximum absolute atomic E-state index is 10.0. The molecule has 0 radical (unpaired) electrons. The van der Waals surface area contributed by atoms with Gasteiger partial charge in [0.2, 0.25) is 0 Å². The smallest absolute Gasteiger partial charge is 0.145 e. The van der Waals surface area contributed by atoms with E-state index in [4.69, 9.17) is 20.9 Å². The molecule has 0 aliphatic rings. The molecule has 286 valence electrons. The van der Waals surface area contributed by atoms with Crippen molar-refractivity contribution < 1.29 is 31.8 Å². The molecule has 2 heterocycles. The molecule has 3 nitrogen and oxygen atoms in total. The van der Waals surface area contributed by atoms with Crippen LogP contribution in [0.1, 0.15) is 27.4 Å². The lowest BCUT2D eigenvalue weighted by Crippen LogP contribution is -2.12. The lowest BCUT2D eigenvalue weighted by Gasteiger charge is -2.29. The molecular weight excluding hydrogens is 741 g/mol. The Morgan fingerprint density at radius 2 is 1.00 bits per heavy atom. The van der Waals surface area contributed by atoms with E-state index < -0.39 is 165 Å². The summed E-state index contributed by atoms with van der Waals surface area (Å²) in [6.45, 7) is 0. The summed E-state index contributed by atoms with van der Waals surface area (Å²) in [5.41, 5.74) is -0.715. The topological polar surface area (TPSA) is 21.3 Å². The molecule has 61 heavy (non-hydrogen) atoms. The van der Waals surface area contributed by atoms with Gasteiger partial charge in [-0.2, -0.15) is 0 Å². The van der Waals surface area contributed by atoms with Gasteiger partial charge >= 0.3 is 0 Å². The van der Waals surface area contributed by atoms with Crippen LogP contribution in [-0.4, -0.2) is 4.57 Å². The van der Waals surface area contributed by atoms with E-state index in [1.165, 1.54) is 0 Å². The van der Waals surface area contributed by atoms with Gasteiger partial charge in [-0.1, -0.05) is 169 Å². The third-order valence-electron chi connectivity index (χ3n) is 10.7. The minimum atomic E-state index is -0.932. The first-order valence-corrected chi connectivity index (χ1v) is 19.2. The highest BCUT2D eigenvalue weighted by Crippen LogP contribution is 2.49. The van der Waals surface area contributed by atoms with Gasteiger partial charge in [-0.05, 0) is 93.6 Å². The molecule has 10 aromatic carbocycles. The largest absolute Gasteiger partial charge is 0.455 e. The molecule has 0 aliphatic heterocycles. The van der Waals surface area contributed by atoms with Gasteiger partial charge in [0, 0.05) is 38.5 Å². The number of rotatable bonds is 7. The van der Waals surface area contributed by atoms with Crippen LogP contribution in [0.4, 0.5) is 17.1 Å². The minimum Gasteiger partial charge on any atom is -0.455 e. The molecule has 0 amide bonds. The number of hydrogen-bond donors (Lipinski definition) is 0. The van der Waals surface area contributed by atoms with E-state index in [1.54, 1.807) is 36.4 Å². The van der Waals surface area contributed by atoms with Gasteiger partial charge in [-0.25, -0.2) is 0 Å². The second-order valence-corrected chi connectivity index (χ2v) is 14.1. The fourth-order valence-electron chi connectivity index (χ4n) is 8.10. The van der Waals surface area contributed by atoms with Crippen LogP contribution < -0.4 is 4.90 Å². The molecular formula is C58H38N2O. The average Bonchev–Trinajstić information content (AvgIpc) is 3.19. The number of anilines is 3. The highest BCUT2D eigenvalue weighted by Gasteiger charge is 2.26. The molecule has 0 fully saturated rings. The molecule has 0 aliphatic carbocycles. The zero-order valence-electron chi connectivity index (χ0n) is 51.7. The Morgan fingerprint density at radius 1 is 0.410 bits per heavy atom. The molecule has 0 bridgehead atoms. The Morgan fingerprint density at radius 3 is 1.75 bits per heavy atom. The van der Waals surface area contributed by atoms with Crippen molar-refractivity contribution >= 4 is 71.6 Å². The third kappa shape index (κ3) is 5.74. The molecule has 12 rings (SSSR count). The second-order valence-electron chi connectivity index (χ2n) is 14.1. The Labute approximate surface area is 381 Å². The van der Waals surface area contributed by atoms with Crippen molar-refractivity contribution in [3.8, 4) is 39.1 Å². The molecule has 2 aromatic heterocycles. The number of furan rings is 1. The van der Waals surface area contributed by atoms with Crippen LogP contribution in [0.5, 0.6) is 0 Å². The van der Waals surface area contributed by atoms with Gasteiger partial charge in [-0.3, -0.25) is 0 Å². The van der Waals surface area contributed by atoms with Crippen molar-refractivity contribution in [1.29, 1.82) is 0 Å². The number of para-hydroxylation sites is 4. The summed E-state index contributed by atoms with van der Waals surface area (Å²) in [6.07, 6.45) is 0. The quantitative estimate of drug-likeness (QED) is 0.160. The summed E-state index contributed by atoms with van der Waals surface area (Å²) in [5.74, 6) is 0. The molecule has 0 unspecified atom stereocenters. The van der Waals surface area contributed by atoms with Crippen molar-refractivity contribution in [2.45, 2.75) is 0 Å². The first-order chi connectivity index (χ1) is 38.6. The van der Waals surface area contributed by atoms with Crippen molar-refractivity contribution in [3.63, 3.8) is 0 Å². The Bertz CT molecular complexity index is 4650. The first-order valence-electron chi connectivity index (χ1n) is 29.2. The van der Waals surface area contributed by atoms with Crippen LogP contribution >= 0.6 is 0 Å². The molecule has 0 saturated heterocycles. The van der Waals surface area contributed by atoms with Crippen molar-refractivity contribution in [1.82, 2.24) is 4.57 Å². The fourth-order valence-corrected chi connectivity index (χ4v) is 8.10. The summed E-state index contributed by atoms with van der Waals surface area (Å²) in [6, 6.07) is 16.2. The minimum absolute atomic E-state index is 0.0903. The summed E-state index contributed by atoms with van der Waals surface area (Å²) in [4.78, 5) is 1.02. The summed E-state index contributed by atoms with van der Waals surface area (Å²) in [7, 11) is 0. The monoisotopic (exact) mass is 798 g/mol. The molecule has 12 aromatic rings. The van der Waals surface area contributed by atoms with Crippen LogP contribution in [0.3, 0.4) is 0 Å². The van der Waals surface area contributed by atoms with Crippen LogP contribution in [-0.2, 0) is 0 Å². The van der Waals surface area contributed by atoms with Gasteiger partial charge in [0.15, 0.2) is 0 Å². The predicted molar refractivity (Wildman–Crippen MR) is 257 cm³/mol. The maximum Gasteiger partial charge on any atom is 0.145 e. The maximum atomic E-state index is 10.0. The van der Waals surface area contributed by atoms with E-state index in [0.717, 1.165) is 26.7 Å². The van der Waals surface area contributed by atoms with E-state index in [9.17, 15) is 11.0 Å². The van der Waals surface area contributed by atoms with Gasteiger partial charge in [0.25, 0.3) is 0 Å². The zero-order chi connectivity index (χ0) is 57.7. The molecule has 0 saturated carbocycles. The second kappa shape index (κ2) is 14.3. The molecule has 0 N–H and O–H groups in total. The fraction of sp³-hybridized carbons (Fsp3) is 0. The number of nitrogens with zero attached hydrogens (tertiary/aromatic N) is 2. The number of fused-ring (bicyclic) bond motifs is 7. The van der Waals surface area contributed by atoms with Gasteiger partial charge < -0.3 is 13.9 Å². The Kier molecular flexibility index (Phi) is 4.74. The van der Waals surface area contributed by atoms with Crippen molar-refractivity contribution in [2.75, 3.05) is 4.90 Å². The zero-order valence-corrected chi connectivity index (χ0v) is 31.7. The van der Waals surface area contributed by atoms with Crippen molar-refractivity contribution in [2.24, 2.45) is 0 Å². The van der Waals surface area contributed by atoms with E-state index >= 15 is 0 Å². The highest BCUT2D eigenvalue weighted by atomic mass is 16.3. The number of benzene rings is 10. The van der Waals surface area contributed by atoms with Gasteiger partial charge in [0.05, 0.1) is 55.4 Å². The molecule has 0 atom stereocenters. The molecule has 0 spiro atoms. The van der Waals surface area contributed by atoms with E-state index in [-0.39, 0.29) is 16.8 Å². The van der Waals surface area contributed by atoms with E-state index in [1.807, 2.05) is 77.4 Å².